The van der Waals surface area contributed by atoms with Crippen molar-refractivity contribution in [2.24, 2.45) is 5.73 Å². The van der Waals surface area contributed by atoms with Gasteiger partial charge in [0.05, 0.1) is 5.56 Å². The van der Waals surface area contributed by atoms with Gasteiger partial charge in [0.2, 0.25) is 0 Å². The molecule has 2 heterocycles. The molecule has 0 bridgehead atoms. The lowest BCUT2D eigenvalue weighted by molar-refractivity contribution is 0.0696. The minimum atomic E-state index is -0.840. The molecule has 0 aliphatic carbocycles. The third kappa shape index (κ3) is 2.26. The molecule has 2 rings (SSSR count). The molecule has 1 aromatic rings. The summed E-state index contributed by atoms with van der Waals surface area (Å²) in [7, 11) is 0. The van der Waals surface area contributed by atoms with Gasteiger partial charge in [-0.2, -0.15) is 0 Å². The van der Waals surface area contributed by atoms with E-state index < -0.39 is 5.97 Å². The van der Waals surface area contributed by atoms with Crippen LogP contribution in [0.2, 0.25) is 0 Å². The number of carbonyl (C=O) groups is 1. The molecule has 0 aromatic carbocycles. The SMILES string of the molecule is Cc1sc(C2CCC(N)CN2)cc1C(=O)O. The lowest BCUT2D eigenvalue weighted by atomic mass is 10.00. The third-order valence-electron chi connectivity index (χ3n) is 2.96. The van der Waals surface area contributed by atoms with Crippen LogP contribution >= 0.6 is 11.3 Å². The number of carboxylic acid groups (broad SMARTS) is 1. The number of nitrogens with two attached hydrogens (primary N) is 1. The predicted octanol–water partition coefficient (Wildman–Crippen LogP) is 1.51. The van der Waals surface area contributed by atoms with Gasteiger partial charge in [-0.05, 0) is 25.8 Å². The molecular formula is C11H16N2O2S. The van der Waals surface area contributed by atoms with Crippen LogP contribution in [0.3, 0.4) is 0 Å². The van der Waals surface area contributed by atoms with E-state index in [1.54, 1.807) is 17.4 Å². The zero-order valence-corrected chi connectivity index (χ0v) is 10.0. The molecule has 0 radical (unpaired) electrons. The summed E-state index contributed by atoms with van der Waals surface area (Å²) >= 11 is 1.57. The van der Waals surface area contributed by atoms with E-state index in [-0.39, 0.29) is 12.1 Å². The second kappa shape index (κ2) is 4.53. The Kier molecular flexibility index (Phi) is 3.28. The van der Waals surface area contributed by atoms with Crippen molar-refractivity contribution in [2.45, 2.75) is 31.8 Å². The van der Waals surface area contributed by atoms with Crippen molar-refractivity contribution in [1.29, 1.82) is 0 Å². The maximum Gasteiger partial charge on any atom is 0.336 e. The molecule has 0 amide bonds. The first-order chi connectivity index (χ1) is 7.58. The maximum absolute atomic E-state index is 10.9. The van der Waals surface area contributed by atoms with Crippen LogP contribution in [0.25, 0.3) is 0 Å². The monoisotopic (exact) mass is 240 g/mol. The second-order valence-electron chi connectivity index (χ2n) is 4.22. The number of aromatic carboxylic acids is 1. The van der Waals surface area contributed by atoms with Gasteiger partial charge in [0.25, 0.3) is 0 Å². The molecule has 1 aromatic heterocycles. The Hall–Kier alpha value is -0.910. The van der Waals surface area contributed by atoms with Gasteiger partial charge in [-0.1, -0.05) is 0 Å². The van der Waals surface area contributed by atoms with E-state index in [9.17, 15) is 4.79 Å². The highest BCUT2D eigenvalue weighted by Crippen LogP contribution is 2.31. The predicted molar refractivity (Wildman–Crippen MR) is 64.0 cm³/mol. The van der Waals surface area contributed by atoms with Gasteiger partial charge in [0.15, 0.2) is 0 Å². The van der Waals surface area contributed by atoms with Crippen molar-refractivity contribution in [3.63, 3.8) is 0 Å². The van der Waals surface area contributed by atoms with Gasteiger partial charge in [-0.15, -0.1) is 11.3 Å². The number of aryl methyl sites for hydroxylation is 1. The molecule has 2 atom stereocenters. The molecule has 2 unspecified atom stereocenters. The molecule has 4 N–H and O–H groups in total. The van der Waals surface area contributed by atoms with Crippen LogP contribution < -0.4 is 11.1 Å². The van der Waals surface area contributed by atoms with Crippen molar-refractivity contribution >= 4 is 17.3 Å². The summed E-state index contributed by atoms with van der Waals surface area (Å²) in [6.07, 6.45) is 1.98. The van der Waals surface area contributed by atoms with Crippen LogP contribution in [0.15, 0.2) is 6.07 Å². The molecule has 88 valence electrons. The molecular weight excluding hydrogens is 224 g/mol. The summed E-state index contributed by atoms with van der Waals surface area (Å²) in [4.78, 5) is 12.9. The third-order valence-corrected chi connectivity index (χ3v) is 4.13. The van der Waals surface area contributed by atoms with E-state index in [1.807, 2.05) is 6.92 Å². The number of nitrogens with one attached hydrogen (secondary N) is 1. The molecule has 4 nitrogen and oxygen atoms in total. The summed E-state index contributed by atoms with van der Waals surface area (Å²) in [6, 6.07) is 2.30. The Balaban J connectivity index is 2.15. The van der Waals surface area contributed by atoms with E-state index in [2.05, 4.69) is 5.32 Å². The van der Waals surface area contributed by atoms with E-state index in [4.69, 9.17) is 10.8 Å². The number of hydrogen-bond donors (Lipinski definition) is 3. The number of carboxylic acids is 1. The molecule has 1 aliphatic rings. The highest BCUT2D eigenvalue weighted by atomic mass is 32.1. The minimum absolute atomic E-state index is 0.233. The first kappa shape index (κ1) is 11.6. The largest absolute Gasteiger partial charge is 0.478 e. The highest BCUT2D eigenvalue weighted by Gasteiger charge is 2.22. The van der Waals surface area contributed by atoms with Gasteiger partial charge < -0.3 is 16.2 Å². The van der Waals surface area contributed by atoms with Crippen LogP contribution in [0.1, 0.15) is 39.0 Å². The lowest BCUT2D eigenvalue weighted by Gasteiger charge is -2.26. The Labute approximate surface area is 98.5 Å². The molecule has 5 heteroatoms. The van der Waals surface area contributed by atoms with Crippen LogP contribution in [-0.4, -0.2) is 23.7 Å². The first-order valence-corrected chi connectivity index (χ1v) is 6.22. The highest BCUT2D eigenvalue weighted by molar-refractivity contribution is 7.12. The molecule has 1 saturated heterocycles. The Morgan fingerprint density at radius 3 is 2.88 bits per heavy atom. The quantitative estimate of drug-likeness (QED) is 0.732. The smallest absolute Gasteiger partial charge is 0.336 e. The van der Waals surface area contributed by atoms with E-state index in [0.717, 1.165) is 29.1 Å². The van der Waals surface area contributed by atoms with Gasteiger partial charge >= 0.3 is 5.97 Å². The number of hydrogen-bond acceptors (Lipinski definition) is 4. The van der Waals surface area contributed by atoms with Crippen molar-refractivity contribution < 1.29 is 9.90 Å². The van der Waals surface area contributed by atoms with Gasteiger partial charge in [-0.3, -0.25) is 0 Å². The fourth-order valence-corrected chi connectivity index (χ4v) is 3.14. The van der Waals surface area contributed by atoms with E-state index >= 15 is 0 Å². The maximum atomic E-state index is 10.9. The molecule has 0 saturated carbocycles. The average molecular weight is 240 g/mol. The number of rotatable bonds is 2. The van der Waals surface area contributed by atoms with Crippen LogP contribution in [-0.2, 0) is 0 Å². The molecule has 1 aliphatic heterocycles. The standard InChI is InChI=1S/C11H16N2O2S/c1-6-8(11(14)15)4-10(16-6)9-3-2-7(12)5-13-9/h4,7,9,13H,2-3,5,12H2,1H3,(H,14,15). The number of piperidine rings is 1. The Morgan fingerprint density at radius 1 is 1.62 bits per heavy atom. The second-order valence-corrected chi connectivity index (χ2v) is 5.51. The van der Waals surface area contributed by atoms with Gasteiger partial charge in [0, 0.05) is 28.4 Å². The Bertz CT molecular complexity index is 395. The molecule has 0 spiro atoms. The number of thiophene rings is 1. The van der Waals surface area contributed by atoms with Crippen LogP contribution in [0.4, 0.5) is 0 Å². The van der Waals surface area contributed by atoms with E-state index in [0.29, 0.717) is 5.56 Å². The normalized spacial score (nSPS) is 25.6. The Morgan fingerprint density at radius 2 is 2.38 bits per heavy atom. The van der Waals surface area contributed by atoms with E-state index in [1.165, 1.54) is 0 Å². The fourth-order valence-electron chi connectivity index (χ4n) is 2.01. The average Bonchev–Trinajstić information content (AvgIpc) is 2.61. The fraction of sp³-hybridized carbons (Fsp3) is 0.545. The first-order valence-electron chi connectivity index (χ1n) is 5.40. The van der Waals surface area contributed by atoms with Crippen LogP contribution in [0.5, 0.6) is 0 Å². The summed E-state index contributed by atoms with van der Waals surface area (Å²) in [5, 5.41) is 12.3. The zero-order valence-electron chi connectivity index (χ0n) is 9.19. The zero-order chi connectivity index (χ0) is 11.7. The van der Waals surface area contributed by atoms with Crippen molar-refractivity contribution in [3.05, 3.63) is 21.4 Å². The minimum Gasteiger partial charge on any atom is -0.478 e. The van der Waals surface area contributed by atoms with Crippen molar-refractivity contribution in [3.8, 4) is 0 Å². The molecule has 1 fully saturated rings. The van der Waals surface area contributed by atoms with Gasteiger partial charge in [0.1, 0.15) is 0 Å². The van der Waals surface area contributed by atoms with Gasteiger partial charge in [-0.25, -0.2) is 4.79 Å². The lowest BCUT2D eigenvalue weighted by Crippen LogP contribution is -2.40. The van der Waals surface area contributed by atoms with Crippen molar-refractivity contribution in [1.82, 2.24) is 5.32 Å². The van der Waals surface area contributed by atoms with Crippen LogP contribution in [0, 0.1) is 6.92 Å². The topological polar surface area (TPSA) is 75.3 Å². The summed E-state index contributed by atoms with van der Waals surface area (Å²) in [5.74, 6) is -0.840. The summed E-state index contributed by atoms with van der Waals surface area (Å²) < 4.78 is 0. The van der Waals surface area contributed by atoms with Crippen molar-refractivity contribution in [2.75, 3.05) is 6.54 Å². The molecule has 16 heavy (non-hydrogen) atoms. The summed E-state index contributed by atoms with van der Waals surface area (Å²) in [6.45, 7) is 2.66. The summed E-state index contributed by atoms with van der Waals surface area (Å²) in [5.41, 5.74) is 6.23.